The maximum Gasteiger partial charge on any atom is 0.114 e. The van der Waals surface area contributed by atoms with Gasteiger partial charge in [0.2, 0.25) is 0 Å². The molecule has 0 aromatic carbocycles. The second-order valence-electron chi connectivity index (χ2n) is 3.82. The quantitative estimate of drug-likeness (QED) is 0.465. The summed E-state index contributed by atoms with van der Waals surface area (Å²) in [5.74, 6) is 5.50. The Balaban J connectivity index is 3.08. The molecule has 82 valence electrons. The second kappa shape index (κ2) is 10.6. The normalized spacial score (nSPS) is 11.9. The van der Waals surface area contributed by atoms with E-state index in [4.69, 9.17) is 0 Å². The van der Waals surface area contributed by atoms with Crippen molar-refractivity contribution in [3.05, 3.63) is 0 Å². The van der Waals surface area contributed by atoms with Gasteiger partial charge in [-0.25, -0.2) is 0 Å². The van der Waals surface area contributed by atoms with Crippen LogP contribution >= 0.6 is 0 Å². The average molecular weight is 196 g/mol. The van der Waals surface area contributed by atoms with Crippen LogP contribution in [0.15, 0.2) is 0 Å². The molecule has 0 aliphatic rings. The van der Waals surface area contributed by atoms with Gasteiger partial charge in [0.25, 0.3) is 0 Å². The van der Waals surface area contributed by atoms with Crippen LogP contribution in [-0.4, -0.2) is 11.2 Å². The highest BCUT2D eigenvalue weighted by molar-refractivity contribution is 5.01. The molecule has 1 nitrogen and oxygen atoms in total. The van der Waals surface area contributed by atoms with Crippen molar-refractivity contribution in [1.82, 2.24) is 0 Å². The van der Waals surface area contributed by atoms with E-state index >= 15 is 0 Å². The van der Waals surface area contributed by atoms with E-state index in [2.05, 4.69) is 18.8 Å². The molecule has 1 unspecified atom stereocenters. The summed E-state index contributed by atoms with van der Waals surface area (Å²) in [5, 5.41) is 9.32. The molecule has 1 N–H and O–H groups in total. The number of hydrogen-bond donors (Lipinski definition) is 1. The van der Waals surface area contributed by atoms with Crippen molar-refractivity contribution in [2.45, 2.75) is 71.3 Å². The van der Waals surface area contributed by atoms with Gasteiger partial charge in [0.1, 0.15) is 6.10 Å². The Hall–Kier alpha value is -0.480. The minimum atomic E-state index is -0.393. The van der Waals surface area contributed by atoms with E-state index in [0.717, 1.165) is 12.8 Å². The van der Waals surface area contributed by atoms with E-state index in [0.29, 0.717) is 0 Å². The van der Waals surface area contributed by atoms with Crippen LogP contribution < -0.4 is 0 Å². The van der Waals surface area contributed by atoms with Crippen LogP contribution in [0.3, 0.4) is 0 Å². The third-order valence-corrected chi connectivity index (χ3v) is 2.39. The summed E-state index contributed by atoms with van der Waals surface area (Å²) in [6.45, 7) is 4.01. The molecule has 0 fully saturated rings. The van der Waals surface area contributed by atoms with Crippen molar-refractivity contribution in [1.29, 1.82) is 0 Å². The van der Waals surface area contributed by atoms with Crippen molar-refractivity contribution in [3.8, 4) is 11.8 Å². The second-order valence-corrected chi connectivity index (χ2v) is 3.82. The van der Waals surface area contributed by atoms with Gasteiger partial charge in [-0.3, -0.25) is 0 Å². The third kappa shape index (κ3) is 9.61. The molecule has 0 aromatic rings. The Morgan fingerprint density at radius 1 is 1.00 bits per heavy atom. The van der Waals surface area contributed by atoms with Gasteiger partial charge in [-0.1, -0.05) is 51.4 Å². The zero-order valence-corrected chi connectivity index (χ0v) is 9.68. The van der Waals surface area contributed by atoms with Crippen molar-refractivity contribution < 1.29 is 5.11 Å². The summed E-state index contributed by atoms with van der Waals surface area (Å²) in [6.07, 6.45) is 9.51. The standard InChI is InChI=1S/C13H24O/c1-3-5-6-7-8-9-10-12-13(14)11-4-2/h13-14H,3,5-10,12H2,1-2H3. The lowest BCUT2D eigenvalue weighted by atomic mass is 10.1. The van der Waals surface area contributed by atoms with Crippen molar-refractivity contribution in [2.24, 2.45) is 0 Å². The predicted molar refractivity (Wildman–Crippen MR) is 62.1 cm³/mol. The molecule has 0 spiro atoms. The van der Waals surface area contributed by atoms with Gasteiger partial charge in [-0.2, -0.15) is 0 Å². The number of hydrogen-bond acceptors (Lipinski definition) is 1. The first kappa shape index (κ1) is 13.5. The average Bonchev–Trinajstić information content (AvgIpc) is 2.17. The zero-order chi connectivity index (χ0) is 10.6. The van der Waals surface area contributed by atoms with E-state index in [9.17, 15) is 5.11 Å². The fourth-order valence-electron chi connectivity index (χ4n) is 1.53. The summed E-state index contributed by atoms with van der Waals surface area (Å²) in [7, 11) is 0. The molecule has 0 rings (SSSR count). The summed E-state index contributed by atoms with van der Waals surface area (Å²) in [4.78, 5) is 0. The number of rotatable bonds is 8. The molecule has 0 aromatic heterocycles. The maximum atomic E-state index is 9.32. The molecule has 0 radical (unpaired) electrons. The highest BCUT2D eigenvalue weighted by atomic mass is 16.3. The lowest BCUT2D eigenvalue weighted by molar-refractivity contribution is 0.217. The minimum Gasteiger partial charge on any atom is -0.380 e. The first-order valence-electron chi connectivity index (χ1n) is 5.91. The van der Waals surface area contributed by atoms with E-state index in [1.54, 1.807) is 6.92 Å². The van der Waals surface area contributed by atoms with E-state index < -0.39 is 6.10 Å². The molecule has 0 saturated carbocycles. The van der Waals surface area contributed by atoms with Crippen LogP contribution in [0.4, 0.5) is 0 Å². The third-order valence-electron chi connectivity index (χ3n) is 2.39. The largest absolute Gasteiger partial charge is 0.380 e. The molecule has 0 heterocycles. The fourth-order valence-corrected chi connectivity index (χ4v) is 1.53. The first-order chi connectivity index (χ1) is 6.81. The van der Waals surface area contributed by atoms with Crippen LogP contribution in [0.2, 0.25) is 0 Å². The van der Waals surface area contributed by atoms with Crippen LogP contribution in [0.1, 0.15) is 65.2 Å². The zero-order valence-electron chi connectivity index (χ0n) is 9.68. The first-order valence-corrected chi connectivity index (χ1v) is 5.91. The Morgan fingerprint density at radius 3 is 2.14 bits per heavy atom. The fraction of sp³-hybridized carbons (Fsp3) is 0.846. The lowest BCUT2D eigenvalue weighted by Gasteiger charge is -2.03. The van der Waals surface area contributed by atoms with Gasteiger partial charge in [-0.05, 0) is 19.8 Å². The predicted octanol–water partition coefficient (Wildman–Crippen LogP) is 3.51. The molecule has 0 aliphatic carbocycles. The van der Waals surface area contributed by atoms with Gasteiger partial charge in [-0.15, -0.1) is 5.92 Å². The Kier molecular flexibility index (Phi) is 10.2. The molecule has 1 heteroatoms. The number of aliphatic hydroxyl groups excluding tert-OH is 1. The summed E-state index contributed by atoms with van der Waals surface area (Å²) in [6, 6.07) is 0. The molecule has 0 aliphatic heterocycles. The Bertz CT molecular complexity index is 164. The van der Waals surface area contributed by atoms with E-state index in [1.807, 2.05) is 0 Å². The summed E-state index contributed by atoms with van der Waals surface area (Å²) in [5.41, 5.74) is 0. The van der Waals surface area contributed by atoms with Gasteiger partial charge >= 0.3 is 0 Å². The highest BCUT2D eigenvalue weighted by Gasteiger charge is 1.97. The van der Waals surface area contributed by atoms with Crippen LogP contribution in [-0.2, 0) is 0 Å². The number of aliphatic hydroxyl groups is 1. The van der Waals surface area contributed by atoms with Crippen LogP contribution in [0.25, 0.3) is 0 Å². The van der Waals surface area contributed by atoms with Crippen molar-refractivity contribution in [2.75, 3.05) is 0 Å². The topological polar surface area (TPSA) is 20.2 Å². The SMILES string of the molecule is CC#CC(O)CCCCCCCCC. The lowest BCUT2D eigenvalue weighted by Crippen LogP contribution is -2.01. The maximum absolute atomic E-state index is 9.32. The van der Waals surface area contributed by atoms with Gasteiger partial charge in [0.15, 0.2) is 0 Å². The number of unbranched alkanes of at least 4 members (excludes halogenated alkanes) is 6. The molecule has 14 heavy (non-hydrogen) atoms. The van der Waals surface area contributed by atoms with Crippen molar-refractivity contribution >= 4 is 0 Å². The molecule has 0 saturated heterocycles. The summed E-state index contributed by atoms with van der Waals surface area (Å²) >= 11 is 0. The molecule has 0 amide bonds. The minimum absolute atomic E-state index is 0.393. The van der Waals surface area contributed by atoms with Crippen molar-refractivity contribution in [3.63, 3.8) is 0 Å². The smallest absolute Gasteiger partial charge is 0.114 e. The monoisotopic (exact) mass is 196 g/mol. The molecule has 1 atom stereocenters. The van der Waals surface area contributed by atoms with Crippen LogP contribution in [0, 0.1) is 11.8 Å². The van der Waals surface area contributed by atoms with Gasteiger partial charge in [0.05, 0.1) is 0 Å². The van der Waals surface area contributed by atoms with Crippen LogP contribution in [0.5, 0.6) is 0 Å². The summed E-state index contributed by atoms with van der Waals surface area (Å²) < 4.78 is 0. The Morgan fingerprint density at radius 2 is 1.57 bits per heavy atom. The van der Waals surface area contributed by atoms with Gasteiger partial charge < -0.3 is 5.11 Å². The highest BCUT2D eigenvalue weighted by Crippen LogP contribution is 2.09. The van der Waals surface area contributed by atoms with Gasteiger partial charge in [0, 0.05) is 0 Å². The Labute approximate surface area is 88.9 Å². The van der Waals surface area contributed by atoms with E-state index in [1.165, 1.54) is 38.5 Å². The molecular formula is C13H24O. The molecule has 0 bridgehead atoms. The van der Waals surface area contributed by atoms with E-state index in [-0.39, 0.29) is 0 Å². The molecular weight excluding hydrogens is 172 g/mol.